The molecule has 0 radical (unpaired) electrons. The average Bonchev–Trinajstić information content (AvgIpc) is 3.05. The fourth-order valence-corrected chi connectivity index (χ4v) is 2.60. The molecule has 8 nitrogen and oxygen atoms in total. The molecule has 128 valence electrons. The Balaban J connectivity index is 0.00000208. The number of carbonyl (C=O) groups is 1. The maximum atomic E-state index is 12.5. The van der Waals surface area contributed by atoms with E-state index in [-0.39, 0.29) is 30.0 Å². The van der Waals surface area contributed by atoms with Crippen LogP contribution in [-0.4, -0.2) is 51.2 Å². The number of hydrogen-bond donors (Lipinski definition) is 1. The number of nitrogens with zero attached hydrogens (tertiary/aromatic N) is 4. The van der Waals surface area contributed by atoms with Crippen LogP contribution < -0.4 is 5.32 Å². The highest BCUT2D eigenvalue weighted by Gasteiger charge is 2.25. The Kier molecular flexibility index (Phi) is 5.53. The molecule has 1 amide bonds. The monoisotopic (exact) mass is 351 g/mol. The van der Waals surface area contributed by atoms with Crippen molar-refractivity contribution in [1.82, 2.24) is 20.0 Å². The molecule has 1 fully saturated rings. The summed E-state index contributed by atoms with van der Waals surface area (Å²) in [6.07, 6.45) is 1.68. The zero-order valence-electron chi connectivity index (χ0n) is 13.1. The number of aromatic nitrogens is 2. The summed E-state index contributed by atoms with van der Waals surface area (Å²) >= 11 is 0. The van der Waals surface area contributed by atoms with E-state index >= 15 is 0 Å². The van der Waals surface area contributed by atoms with E-state index in [0.29, 0.717) is 17.9 Å². The first-order valence-electron chi connectivity index (χ1n) is 7.38. The lowest BCUT2D eigenvalue weighted by Crippen LogP contribution is -2.52. The van der Waals surface area contributed by atoms with Gasteiger partial charge in [-0.2, -0.15) is 5.10 Å². The van der Waals surface area contributed by atoms with Gasteiger partial charge in [-0.15, -0.1) is 12.4 Å². The van der Waals surface area contributed by atoms with Gasteiger partial charge in [0.1, 0.15) is 0 Å². The second kappa shape index (κ2) is 7.41. The van der Waals surface area contributed by atoms with E-state index in [4.69, 9.17) is 0 Å². The Bertz CT molecular complexity index is 731. The van der Waals surface area contributed by atoms with Crippen LogP contribution in [0.1, 0.15) is 17.4 Å². The topological polar surface area (TPSA) is 93.3 Å². The number of non-ortho nitro benzene ring substituents is 1. The summed E-state index contributed by atoms with van der Waals surface area (Å²) in [7, 11) is 0. The summed E-state index contributed by atoms with van der Waals surface area (Å²) in [5, 5.41) is 18.2. The van der Waals surface area contributed by atoms with Crippen molar-refractivity contribution in [2.45, 2.75) is 13.0 Å². The fourth-order valence-electron chi connectivity index (χ4n) is 2.60. The third-order valence-corrected chi connectivity index (χ3v) is 3.90. The lowest BCUT2D eigenvalue weighted by molar-refractivity contribution is -0.384. The first kappa shape index (κ1) is 17.9. The van der Waals surface area contributed by atoms with Crippen LogP contribution in [0.5, 0.6) is 0 Å². The first-order chi connectivity index (χ1) is 11.1. The number of nitro groups is 1. The second-order valence-corrected chi connectivity index (χ2v) is 5.47. The van der Waals surface area contributed by atoms with Gasteiger partial charge in [0.05, 0.1) is 10.6 Å². The van der Waals surface area contributed by atoms with Gasteiger partial charge in [-0.1, -0.05) is 0 Å². The van der Waals surface area contributed by atoms with Crippen LogP contribution >= 0.6 is 12.4 Å². The van der Waals surface area contributed by atoms with Gasteiger partial charge in [0.15, 0.2) is 5.69 Å². The molecular weight excluding hydrogens is 334 g/mol. The van der Waals surface area contributed by atoms with Crippen molar-refractivity contribution < 1.29 is 9.72 Å². The lowest BCUT2D eigenvalue weighted by atomic mass is 10.2. The number of nitro benzene ring substituents is 1. The van der Waals surface area contributed by atoms with E-state index in [1.165, 1.54) is 12.1 Å². The molecule has 1 unspecified atom stereocenters. The van der Waals surface area contributed by atoms with Crippen LogP contribution in [-0.2, 0) is 0 Å². The molecular formula is C15H18ClN5O3. The fraction of sp³-hybridized carbons (Fsp3) is 0.333. The summed E-state index contributed by atoms with van der Waals surface area (Å²) < 4.78 is 1.55. The molecule has 1 aromatic heterocycles. The molecule has 3 rings (SSSR count). The highest BCUT2D eigenvalue weighted by Crippen LogP contribution is 2.16. The zero-order valence-corrected chi connectivity index (χ0v) is 13.9. The molecule has 0 saturated carbocycles. The standard InChI is InChI=1S/C15H17N5O3.ClH/c1-11-10-16-7-9-18(11)15(21)14-6-8-19(17-14)12-2-4-13(5-3-12)20(22)23;/h2-6,8,11,16H,7,9-10H2,1H3;1H. The normalized spacial score (nSPS) is 17.2. The Morgan fingerprint density at radius 3 is 2.67 bits per heavy atom. The molecule has 24 heavy (non-hydrogen) atoms. The molecule has 9 heteroatoms. The van der Waals surface area contributed by atoms with E-state index in [1.807, 2.05) is 6.92 Å². The van der Waals surface area contributed by atoms with Gasteiger partial charge in [0.2, 0.25) is 0 Å². The number of rotatable bonds is 3. The molecule has 1 aliphatic heterocycles. The molecule has 2 aromatic rings. The summed E-state index contributed by atoms with van der Waals surface area (Å²) in [5.74, 6) is -0.0975. The molecule has 0 spiro atoms. The van der Waals surface area contributed by atoms with Crippen molar-refractivity contribution in [3.8, 4) is 5.69 Å². The van der Waals surface area contributed by atoms with Gasteiger partial charge in [0.25, 0.3) is 11.6 Å². The minimum absolute atomic E-state index is 0. The van der Waals surface area contributed by atoms with E-state index < -0.39 is 4.92 Å². The molecule has 1 aliphatic rings. The minimum atomic E-state index is -0.451. The SMILES string of the molecule is CC1CNCCN1C(=O)c1ccn(-c2ccc([N+](=O)[O-])cc2)n1.Cl. The maximum absolute atomic E-state index is 12.5. The number of benzene rings is 1. The van der Waals surface area contributed by atoms with Gasteiger partial charge in [-0.3, -0.25) is 14.9 Å². The third-order valence-electron chi connectivity index (χ3n) is 3.90. The molecule has 1 aromatic carbocycles. The first-order valence-corrected chi connectivity index (χ1v) is 7.38. The Hall–Kier alpha value is -2.45. The maximum Gasteiger partial charge on any atom is 0.274 e. The Morgan fingerprint density at radius 2 is 2.04 bits per heavy atom. The molecule has 1 atom stereocenters. The smallest absolute Gasteiger partial charge is 0.274 e. The predicted molar refractivity (Wildman–Crippen MR) is 90.8 cm³/mol. The van der Waals surface area contributed by atoms with E-state index in [2.05, 4.69) is 10.4 Å². The summed E-state index contributed by atoms with van der Waals surface area (Å²) in [6, 6.07) is 7.83. The lowest BCUT2D eigenvalue weighted by Gasteiger charge is -2.33. The Labute approximate surface area is 145 Å². The van der Waals surface area contributed by atoms with Crippen molar-refractivity contribution in [2.24, 2.45) is 0 Å². The number of amides is 1. The van der Waals surface area contributed by atoms with Gasteiger partial charge in [-0.05, 0) is 25.1 Å². The highest BCUT2D eigenvalue weighted by molar-refractivity contribution is 5.92. The van der Waals surface area contributed by atoms with Crippen molar-refractivity contribution in [2.75, 3.05) is 19.6 Å². The minimum Gasteiger partial charge on any atom is -0.332 e. The van der Waals surface area contributed by atoms with Gasteiger partial charge >= 0.3 is 0 Å². The van der Waals surface area contributed by atoms with Crippen LogP contribution in [0.2, 0.25) is 0 Å². The molecule has 1 saturated heterocycles. The van der Waals surface area contributed by atoms with Crippen molar-refractivity contribution in [1.29, 1.82) is 0 Å². The van der Waals surface area contributed by atoms with Crippen molar-refractivity contribution in [3.05, 3.63) is 52.3 Å². The van der Waals surface area contributed by atoms with E-state index in [0.717, 1.165) is 13.1 Å². The van der Waals surface area contributed by atoms with Gasteiger partial charge in [0, 0.05) is 44.0 Å². The molecule has 0 bridgehead atoms. The molecule has 1 N–H and O–H groups in total. The summed E-state index contributed by atoms with van der Waals surface area (Å²) in [6.45, 7) is 4.20. The number of carbonyl (C=O) groups excluding carboxylic acids is 1. The van der Waals surface area contributed by atoms with Gasteiger partial charge in [-0.25, -0.2) is 4.68 Å². The Morgan fingerprint density at radius 1 is 1.33 bits per heavy atom. The summed E-state index contributed by atoms with van der Waals surface area (Å²) in [4.78, 5) is 24.6. The number of piperazine rings is 1. The largest absolute Gasteiger partial charge is 0.332 e. The van der Waals surface area contributed by atoms with Crippen LogP contribution in [0.25, 0.3) is 5.69 Å². The predicted octanol–water partition coefficient (Wildman–Crippen LogP) is 1.64. The number of hydrogen-bond acceptors (Lipinski definition) is 5. The molecule has 0 aliphatic carbocycles. The number of halogens is 1. The third kappa shape index (κ3) is 3.55. The zero-order chi connectivity index (χ0) is 16.4. The summed E-state index contributed by atoms with van der Waals surface area (Å²) in [5.41, 5.74) is 1.06. The van der Waals surface area contributed by atoms with E-state index in [9.17, 15) is 14.9 Å². The number of nitrogens with one attached hydrogen (secondary N) is 1. The van der Waals surface area contributed by atoms with Gasteiger partial charge < -0.3 is 10.2 Å². The average molecular weight is 352 g/mol. The second-order valence-electron chi connectivity index (χ2n) is 5.47. The van der Waals surface area contributed by atoms with Crippen LogP contribution in [0, 0.1) is 10.1 Å². The van der Waals surface area contributed by atoms with E-state index in [1.54, 1.807) is 34.0 Å². The van der Waals surface area contributed by atoms with Crippen molar-refractivity contribution in [3.63, 3.8) is 0 Å². The molecule has 2 heterocycles. The van der Waals surface area contributed by atoms with Crippen molar-refractivity contribution >= 4 is 24.0 Å². The quantitative estimate of drug-likeness (QED) is 0.670. The van der Waals surface area contributed by atoms with Crippen LogP contribution in [0.15, 0.2) is 36.5 Å². The highest BCUT2D eigenvalue weighted by atomic mass is 35.5. The van der Waals surface area contributed by atoms with Crippen LogP contribution in [0.4, 0.5) is 5.69 Å². The van der Waals surface area contributed by atoms with Crippen LogP contribution in [0.3, 0.4) is 0 Å².